The normalized spacial score (nSPS) is 10.2. The minimum Gasteiger partial charge on any atom is -0.486 e. The van der Waals surface area contributed by atoms with Crippen molar-refractivity contribution in [2.75, 3.05) is 12.4 Å². The summed E-state index contributed by atoms with van der Waals surface area (Å²) in [4.78, 5) is 11.4. The summed E-state index contributed by atoms with van der Waals surface area (Å²) in [5, 5.41) is 2.60. The van der Waals surface area contributed by atoms with Crippen molar-refractivity contribution in [1.82, 2.24) is 0 Å². The van der Waals surface area contributed by atoms with Crippen LogP contribution in [0.25, 0.3) is 0 Å². The van der Waals surface area contributed by atoms with Gasteiger partial charge in [-0.2, -0.15) is 0 Å². The number of carbonyl (C=O) groups excluding carboxylic acids is 1. The molecule has 1 amide bonds. The molecular formula is C16H15BrFNO3. The lowest BCUT2D eigenvalue weighted by Crippen LogP contribution is -2.13. The van der Waals surface area contributed by atoms with Crippen LogP contribution in [0.1, 0.15) is 11.1 Å². The molecule has 2 rings (SSSR count). The van der Waals surface area contributed by atoms with Gasteiger partial charge in [-0.1, -0.05) is 28.1 Å². The van der Waals surface area contributed by atoms with Crippen molar-refractivity contribution in [2.45, 2.75) is 13.5 Å². The number of halogens is 2. The average molecular weight is 368 g/mol. The van der Waals surface area contributed by atoms with E-state index in [0.29, 0.717) is 11.3 Å². The van der Waals surface area contributed by atoms with Gasteiger partial charge in [-0.3, -0.25) is 5.32 Å². The maximum Gasteiger partial charge on any atom is 0.411 e. The molecule has 0 atom stereocenters. The van der Waals surface area contributed by atoms with Crippen LogP contribution < -0.4 is 10.1 Å². The highest BCUT2D eigenvalue weighted by Crippen LogP contribution is 2.27. The van der Waals surface area contributed by atoms with Gasteiger partial charge < -0.3 is 9.47 Å². The first kappa shape index (κ1) is 16.3. The van der Waals surface area contributed by atoms with Crippen molar-refractivity contribution in [3.8, 4) is 5.75 Å². The zero-order chi connectivity index (χ0) is 16.1. The van der Waals surface area contributed by atoms with Gasteiger partial charge in [-0.15, -0.1) is 0 Å². The Bertz CT molecular complexity index is 691. The molecule has 0 radical (unpaired) electrons. The molecule has 2 aromatic carbocycles. The first-order chi connectivity index (χ1) is 10.5. The number of hydrogen-bond donors (Lipinski definition) is 1. The third-order valence-electron chi connectivity index (χ3n) is 3.00. The van der Waals surface area contributed by atoms with E-state index >= 15 is 0 Å². The second kappa shape index (κ2) is 7.26. The fourth-order valence-electron chi connectivity index (χ4n) is 1.86. The maximum atomic E-state index is 13.8. The maximum absolute atomic E-state index is 13.8. The number of carbonyl (C=O) groups is 1. The predicted molar refractivity (Wildman–Crippen MR) is 85.6 cm³/mol. The van der Waals surface area contributed by atoms with E-state index in [4.69, 9.17) is 4.74 Å². The third-order valence-corrected chi connectivity index (χ3v) is 3.74. The van der Waals surface area contributed by atoms with Gasteiger partial charge in [0.15, 0.2) is 11.6 Å². The van der Waals surface area contributed by atoms with Crippen LogP contribution in [0.5, 0.6) is 5.75 Å². The third kappa shape index (κ3) is 3.98. The molecule has 4 nitrogen and oxygen atoms in total. The van der Waals surface area contributed by atoms with Gasteiger partial charge in [0.1, 0.15) is 6.61 Å². The molecule has 0 unspecified atom stereocenters. The van der Waals surface area contributed by atoms with Crippen molar-refractivity contribution >= 4 is 27.7 Å². The number of ether oxygens (including phenoxy) is 2. The highest BCUT2D eigenvalue weighted by molar-refractivity contribution is 9.10. The Morgan fingerprint density at radius 1 is 1.32 bits per heavy atom. The molecule has 0 bridgehead atoms. The van der Waals surface area contributed by atoms with Crippen molar-refractivity contribution in [3.63, 3.8) is 0 Å². The molecule has 2 aromatic rings. The van der Waals surface area contributed by atoms with Crippen LogP contribution in [0, 0.1) is 12.7 Å². The Hall–Kier alpha value is -2.08. The predicted octanol–water partition coefficient (Wildman–Crippen LogP) is 4.65. The van der Waals surface area contributed by atoms with Crippen molar-refractivity contribution in [3.05, 3.63) is 57.8 Å². The van der Waals surface area contributed by atoms with Gasteiger partial charge in [-0.25, -0.2) is 9.18 Å². The van der Waals surface area contributed by atoms with E-state index < -0.39 is 11.9 Å². The molecule has 0 aliphatic heterocycles. The van der Waals surface area contributed by atoms with Crippen LogP contribution in [0.3, 0.4) is 0 Å². The van der Waals surface area contributed by atoms with Crippen molar-refractivity contribution in [2.24, 2.45) is 0 Å². The lowest BCUT2D eigenvalue weighted by molar-refractivity contribution is 0.187. The molecule has 0 heterocycles. The molecule has 116 valence electrons. The number of benzene rings is 2. The number of anilines is 1. The number of methoxy groups -OCH3 is 1. The Kier molecular flexibility index (Phi) is 5.38. The second-order valence-corrected chi connectivity index (χ2v) is 5.46. The van der Waals surface area contributed by atoms with Gasteiger partial charge in [0.2, 0.25) is 0 Å². The van der Waals surface area contributed by atoms with Gasteiger partial charge >= 0.3 is 6.09 Å². The minimum atomic E-state index is -0.583. The topological polar surface area (TPSA) is 47.6 Å². The largest absolute Gasteiger partial charge is 0.486 e. The number of nitrogens with one attached hydrogen (secondary N) is 1. The van der Waals surface area contributed by atoms with E-state index in [2.05, 4.69) is 26.0 Å². The number of amides is 1. The first-order valence-electron chi connectivity index (χ1n) is 6.52. The quantitative estimate of drug-likeness (QED) is 0.854. The van der Waals surface area contributed by atoms with Crippen LogP contribution >= 0.6 is 15.9 Å². The zero-order valence-electron chi connectivity index (χ0n) is 12.2. The molecule has 0 spiro atoms. The Labute approximate surface area is 136 Å². The van der Waals surface area contributed by atoms with Crippen LogP contribution in [0.2, 0.25) is 0 Å². The van der Waals surface area contributed by atoms with Crippen LogP contribution in [0.4, 0.5) is 14.9 Å². The van der Waals surface area contributed by atoms with Gasteiger partial charge in [0.25, 0.3) is 0 Å². The molecule has 0 aliphatic carbocycles. The summed E-state index contributed by atoms with van der Waals surface area (Å²) in [7, 11) is 1.28. The standard InChI is InChI=1S/C16H15BrFNO3/c1-10-6-7-15(13(18)8-10)22-9-11-12(17)4-3-5-14(11)19-16(20)21-2/h3-8H,9H2,1-2H3,(H,19,20). The van der Waals surface area contributed by atoms with E-state index in [-0.39, 0.29) is 12.4 Å². The smallest absolute Gasteiger partial charge is 0.411 e. The number of aryl methyl sites for hydroxylation is 1. The lowest BCUT2D eigenvalue weighted by Gasteiger charge is -2.14. The SMILES string of the molecule is COC(=O)Nc1cccc(Br)c1COc1ccc(C)cc1F. The van der Waals surface area contributed by atoms with Crippen LogP contribution in [-0.4, -0.2) is 13.2 Å². The van der Waals surface area contributed by atoms with E-state index in [9.17, 15) is 9.18 Å². The Balaban J connectivity index is 2.19. The number of rotatable bonds is 4. The van der Waals surface area contributed by atoms with Gasteiger partial charge in [0.05, 0.1) is 12.8 Å². The summed E-state index contributed by atoms with van der Waals surface area (Å²) in [6.07, 6.45) is -0.583. The summed E-state index contributed by atoms with van der Waals surface area (Å²) in [6, 6.07) is 10.0. The molecule has 0 aliphatic rings. The van der Waals surface area contributed by atoms with E-state index in [1.807, 2.05) is 6.07 Å². The van der Waals surface area contributed by atoms with Gasteiger partial charge in [0, 0.05) is 10.0 Å². The molecule has 0 fully saturated rings. The summed E-state index contributed by atoms with van der Waals surface area (Å²) in [5.41, 5.74) is 2.04. The summed E-state index contributed by atoms with van der Waals surface area (Å²) >= 11 is 3.40. The molecule has 0 aromatic heterocycles. The molecule has 0 saturated carbocycles. The monoisotopic (exact) mass is 367 g/mol. The highest BCUT2D eigenvalue weighted by atomic mass is 79.9. The zero-order valence-corrected chi connectivity index (χ0v) is 13.7. The highest BCUT2D eigenvalue weighted by Gasteiger charge is 2.12. The van der Waals surface area contributed by atoms with E-state index in [0.717, 1.165) is 10.0 Å². The molecule has 0 saturated heterocycles. The Morgan fingerprint density at radius 2 is 2.09 bits per heavy atom. The average Bonchev–Trinajstić information content (AvgIpc) is 2.48. The molecule has 22 heavy (non-hydrogen) atoms. The van der Waals surface area contributed by atoms with Gasteiger partial charge in [-0.05, 0) is 36.8 Å². The minimum absolute atomic E-state index is 0.0979. The van der Waals surface area contributed by atoms with E-state index in [1.165, 1.54) is 13.2 Å². The fraction of sp³-hybridized carbons (Fsp3) is 0.188. The van der Waals surface area contributed by atoms with Crippen LogP contribution in [-0.2, 0) is 11.3 Å². The van der Waals surface area contributed by atoms with Crippen molar-refractivity contribution in [1.29, 1.82) is 0 Å². The first-order valence-corrected chi connectivity index (χ1v) is 7.32. The molecule has 1 N–H and O–H groups in total. The van der Waals surface area contributed by atoms with Crippen LogP contribution in [0.15, 0.2) is 40.9 Å². The lowest BCUT2D eigenvalue weighted by atomic mass is 10.2. The second-order valence-electron chi connectivity index (χ2n) is 4.61. The Morgan fingerprint density at radius 3 is 2.77 bits per heavy atom. The summed E-state index contributed by atoms with van der Waals surface area (Å²) in [6.45, 7) is 1.90. The fourth-order valence-corrected chi connectivity index (χ4v) is 2.34. The molecular weight excluding hydrogens is 353 g/mol. The number of hydrogen-bond acceptors (Lipinski definition) is 3. The summed E-state index contributed by atoms with van der Waals surface area (Å²) in [5.74, 6) is -0.264. The van der Waals surface area contributed by atoms with Crippen molar-refractivity contribution < 1.29 is 18.7 Å². The molecule has 6 heteroatoms. The van der Waals surface area contributed by atoms with E-state index in [1.54, 1.807) is 31.2 Å². The summed E-state index contributed by atoms with van der Waals surface area (Å²) < 4.78 is 24.6.